The van der Waals surface area contributed by atoms with E-state index in [0.717, 1.165) is 29.1 Å². The molecular weight excluding hydrogens is 508 g/mol. The highest BCUT2D eigenvalue weighted by molar-refractivity contribution is 6.02. The van der Waals surface area contributed by atoms with Crippen LogP contribution in [0.1, 0.15) is 47.4 Å². The third-order valence-corrected chi connectivity index (χ3v) is 7.14. The molecule has 9 heteroatoms. The summed E-state index contributed by atoms with van der Waals surface area (Å²) in [6.07, 6.45) is 3.54. The summed E-state index contributed by atoms with van der Waals surface area (Å²) < 4.78 is 7.44. The average Bonchev–Trinajstić information content (AvgIpc) is 3.48. The van der Waals surface area contributed by atoms with Gasteiger partial charge in [0.25, 0.3) is 11.6 Å². The van der Waals surface area contributed by atoms with Crippen molar-refractivity contribution in [2.75, 3.05) is 25.1 Å². The Labute approximate surface area is 232 Å². The molecule has 3 aromatic carbocycles. The quantitative estimate of drug-likeness (QED) is 0.199. The van der Waals surface area contributed by atoms with Crippen LogP contribution in [0.2, 0.25) is 0 Å². The van der Waals surface area contributed by atoms with E-state index in [-0.39, 0.29) is 24.0 Å². The fourth-order valence-corrected chi connectivity index (χ4v) is 5.11. The van der Waals surface area contributed by atoms with Crippen molar-refractivity contribution in [3.8, 4) is 11.4 Å². The molecule has 5 rings (SSSR count). The molecule has 0 saturated carbocycles. The van der Waals surface area contributed by atoms with Gasteiger partial charge in [0.1, 0.15) is 18.3 Å². The first-order valence-electron chi connectivity index (χ1n) is 13.2. The summed E-state index contributed by atoms with van der Waals surface area (Å²) in [4.78, 5) is 41.7. The second-order valence-electron chi connectivity index (χ2n) is 9.62. The van der Waals surface area contributed by atoms with Gasteiger partial charge in [0.15, 0.2) is 0 Å². The minimum absolute atomic E-state index is 0.0945. The summed E-state index contributed by atoms with van der Waals surface area (Å²) in [7, 11) is 1.61. The lowest BCUT2D eigenvalue weighted by molar-refractivity contribution is -0.384. The molecule has 0 fully saturated rings. The number of aromatic nitrogens is 1. The Morgan fingerprint density at radius 2 is 1.65 bits per heavy atom. The molecule has 1 atom stereocenters. The number of hydrogen-bond donors (Lipinski definition) is 0. The van der Waals surface area contributed by atoms with E-state index in [1.807, 2.05) is 73.8 Å². The number of nitro benzene ring substituents is 1. The molecule has 0 saturated heterocycles. The molecule has 0 aliphatic carbocycles. The maximum Gasteiger partial charge on any atom is 0.269 e. The van der Waals surface area contributed by atoms with E-state index in [1.54, 1.807) is 12.0 Å². The lowest BCUT2D eigenvalue weighted by Crippen LogP contribution is -2.47. The van der Waals surface area contributed by atoms with Crippen molar-refractivity contribution < 1.29 is 19.2 Å². The van der Waals surface area contributed by atoms with Crippen molar-refractivity contribution in [2.45, 2.75) is 25.8 Å². The Kier molecular flexibility index (Phi) is 7.63. The maximum atomic E-state index is 14.3. The number of ether oxygens (including phenoxy) is 1. The fourth-order valence-electron chi connectivity index (χ4n) is 5.11. The molecule has 2 amide bonds. The van der Waals surface area contributed by atoms with Gasteiger partial charge in [0, 0.05) is 30.4 Å². The number of rotatable bonds is 9. The predicted octanol–water partition coefficient (Wildman–Crippen LogP) is 5.77. The summed E-state index contributed by atoms with van der Waals surface area (Å²) in [6.45, 7) is 2.26. The molecule has 0 spiro atoms. The molecule has 1 aromatic heterocycles. The van der Waals surface area contributed by atoms with Gasteiger partial charge in [-0.2, -0.15) is 0 Å². The van der Waals surface area contributed by atoms with Crippen LogP contribution >= 0.6 is 0 Å². The SMILES string of the molecule is CCCCN(CC(=O)N1c2ccccc2-n2cccc2C1c1ccc(OC)cc1)C(=O)c1ccc([N+](=O)[O-])cc1. The molecule has 1 aliphatic heterocycles. The van der Waals surface area contributed by atoms with Crippen LogP contribution in [-0.4, -0.2) is 46.4 Å². The van der Waals surface area contributed by atoms with Crippen molar-refractivity contribution in [3.05, 3.63) is 118 Å². The van der Waals surface area contributed by atoms with Gasteiger partial charge >= 0.3 is 0 Å². The third-order valence-electron chi connectivity index (χ3n) is 7.14. The second-order valence-corrected chi connectivity index (χ2v) is 9.62. The number of hydrogen-bond acceptors (Lipinski definition) is 5. The molecule has 0 bridgehead atoms. The van der Waals surface area contributed by atoms with Crippen molar-refractivity contribution in [2.24, 2.45) is 0 Å². The van der Waals surface area contributed by atoms with Crippen molar-refractivity contribution in [1.29, 1.82) is 0 Å². The highest BCUT2D eigenvalue weighted by Gasteiger charge is 2.37. The van der Waals surface area contributed by atoms with Crippen LogP contribution in [-0.2, 0) is 4.79 Å². The monoisotopic (exact) mass is 538 g/mol. The zero-order valence-electron chi connectivity index (χ0n) is 22.4. The standard InChI is InChI=1S/C31H30N4O5/c1-3-4-19-32(31(37)23-11-15-24(16-12-23)35(38)39)21-29(36)34-27-9-6-5-8-26(27)33-20-7-10-28(33)30(34)22-13-17-25(40-2)18-14-22/h5-18,20,30H,3-4,19,21H2,1-2H3. The Balaban J connectivity index is 1.52. The Morgan fingerprint density at radius 1 is 0.950 bits per heavy atom. The second kappa shape index (κ2) is 11.4. The molecule has 4 aromatic rings. The predicted molar refractivity (Wildman–Crippen MR) is 152 cm³/mol. The smallest absolute Gasteiger partial charge is 0.269 e. The highest BCUT2D eigenvalue weighted by atomic mass is 16.6. The van der Waals surface area contributed by atoms with Crippen LogP contribution in [0.4, 0.5) is 11.4 Å². The number of unbranched alkanes of at least 4 members (excludes halogenated alkanes) is 1. The van der Waals surface area contributed by atoms with Crippen LogP contribution in [0.5, 0.6) is 5.75 Å². The summed E-state index contributed by atoms with van der Waals surface area (Å²) in [5.41, 5.74) is 3.67. The van der Waals surface area contributed by atoms with E-state index >= 15 is 0 Å². The van der Waals surface area contributed by atoms with Gasteiger partial charge in [-0.25, -0.2) is 0 Å². The number of amides is 2. The first-order valence-corrected chi connectivity index (χ1v) is 13.2. The van der Waals surface area contributed by atoms with Crippen LogP contribution in [0.3, 0.4) is 0 Å². The lowest BCUT2D eigenvalue weighted by atomic mass is 9.97. The van der Waals surface area contributed by atoms with Gasteiger partial charge in [-0.15, -0.1) is 0 Å². The van der Waals surface area contributed by atoms with Gasteiger partial charge in [0.2, 0.25) is 5.91 Å². The number of benzene rings is 3. The van der Waals surface area contributed by atoms with E-state index in [4.69, 9.17) is 4.74 Å². The highest BCUT2D eigenvalue weighted by Crippen LogP contribution is 2.42. The lowest BCUT2D eigenvalue weighted by Gasteiger charge is -2.39. The van der Waals surface area contributed by atoms with Crippen molar-refractivity contribution in [3.63, 3.8) is 0 Å². The van der Waals surface area contributed by atoms with E-state index < -0.39 is 11.0 Å². The fraction of sp³-hybridized carbons (Fsp3) is 0.226. The minimum atomic E-state index is -0.504. The topological polar surface area (TPSA) is 97.9 Å². The van der Waals surface area contributed by atoms with Crippen molar-refractivity contribution >= 4 is 23.2 Å². The Morgan fingerprint density at radius 3 is 2.30 bits per heavy atom. The first kappa shape index (κ1) is 26.7. The van der Waals surface area contributed by atoms with Crippen LogP contribution in [0.25, 0.3) is 5.69 Å². The minimum Gasteiger partial charge on any atom is -0.497 e. The molecule has 0 radical (unpaired) electrons. The number of methoxy groups -OCH3 is 1. The molecule has 0 N–H and O–H groups in total. The number of carbonyl (C=O) groups excluding carboxylic acids is 2. The molecule has 9 nitrogen and oxygen atoms in total. The Bertz CT molecular complexity index is 1530. The van der Waals surface area contributed by atoms with E-state index in [1.165, 1.54) is 29.2 Å². The summed E-state index contributed by atoms with van der Waals surface area (Å²) in [5.74, 6) is 0.145. The van der Waals surface area contributed by atoms with E-state index in [2.05, 4.69) is 4.57 Å². The van der Waals surface area contributed by atoms with Crippen LogP contribution < -0.4 is 9.64 Å². The average molecular weight is 539 g/mol. The number of nitro groups is 1. The number of para-hydroxylation sites is 2. The molecule has 204 valence electrons. The van der Waals surface area contributed by atoms with E-state index in [9.17, 15) is 19.7 Å². The normalized spacial score (nSPS) is 13.8. The van der Waals surface area contributed by atoms with Crippen molar-refractivity contribution in [1.82, 2.24) is 9.47 Å². The molecule has 1 unspecified atom stereocenters. The maximum absolute atomic E-state index is 14.3. The largest absolute Gasteiger partial charge is 0.497 e. The molecule has 1 aliphatic rings. The Hall–Kier alpha value is -4.92. The summed E-state index contributed by atoms with van der Waals surface area (Å²) in [6, 6.07) is 24.4. The first-order chi connectivity index (χ1) is 19.4. The zero-order chi connectivity index (χ0) is 28.2. The van der Waals surface area contributed by atoms with Crippen LogP contribution in [0, 0.1) is 10.1 Å². The summed E-state index contributed by atoms with van der Waals surface area (Å²) >= 11 is 0. The molecule has 40 heavy (non-hydrogen) atoms. The number of anilines is 1. The van der Waals surface area contributed by atoms with Gasteiger partial charge in [-0.3, -0.25) is 24.6 Å². The van der Waals surface area contributed by atoms with Gasteiger partial charge in [0.05, 0.1) is 29.1 Å². The molecular formula is C31H30N4O5. The molecule has 2 heterocycles. The van der Waals surface area contributed by atoms with Gasteiger partial charge < -0.3 is 14.2 Å². The van der Waals surface area contributed by atoms with Crippen LogP contribution in [0.15, 0.2) is 91.1 Å². The summed E-state index contributed by atoms with van der Waals surface area (Å²) in [5, 5.41) is 11.1. The number of non-ortho nitro benzene ring substituents is 1. The third kappa shape index (κ3) is 5.05. The van der Waals surface area contributed by atoms with Gasteiger partial charge in [-0.05, 0) is 60.5 Å². The number of fused-ring (bicyclic) bond motifs is 3. The zero-order valence-corrected chi connectivity index (χ0v) is 22.4. The number of carbonyl (C=O) groups is 2. The van der Waals surface area contributed by atoms with E-state index in [0.29, 0.717) is 24.3 Å². The number of nitrogens with zero attached hydrogens (tertiary/aromatic N) is 4. The van der Waals surface area contributed by atoms with Gasteiger partial charge in [-0.1, -0.05) is 37.6 Å².